The second-order valence-electron chi connectivity index (χ2n) is 4.77. The number of carboxylic acids is 2. The molecule has 22 heavy (non-hydrogen) atoms. The minimum Gasteiger partial charge on any atom is -0.480 e. The van der Waals surface area contributed by atoms with E-state index in [4.69, 9.17) is 21.8 Å². The number of nitrogens with one attached hydrogen (secondary N) is 1. The van der Waals surface area contributed by atoms with E-state index in [1.165, 1.54) is 0 Å². The lowest BCUT2D eigenvalue weighted by molar-refractivity contribution is -0.140. The van der Waals surface area contributed by atoms with Crippen LogP contribution in [0.15, 0.2) is 23.1 Å². The number of rotatable bonds is 7. The molecule has 0 aliphatic carbocycles. The Kier molecular flexibility index (Phi) is 5.92. The van der Waals surface area contributed by atoms with Crippen molar-refractivity contribution in [1.82, 2.24) is 4.72 Å². The molecule has 7 nitrogen and oxygen atoms in total. The Morgan fingerprint density at radius 3 is 2.36 bits per heavy atom. The van der Waals surface area contributed by atoms with Crippen LogP contribution in [-0.4, -0.2) is 36.6 Å². The number of aromatic carboxylic acids is 1. The van der Waals surface area contributed by atoms with Crippen LogP contribution in [0.3, 0.4) is 0 Å². The number of carbonyl (C=O) groups is 2. The first-order valence-electron chi connectivity index (χ1n) is 6.38. The number of hydrogen-bond acceptors (Lipinski definition) is 4. The SMILES string of the molecule is CCC(C)C(NS(=O)(=O)c1ccc(Cl)c(C(=O)O)c1)C(=O)O. The number of sulfonamides is 1. The van der Waals surface area contributed by atoms with Crippen LogP contribution in [0.4, 0.5) is 0 Å². The minimum atomic E-state index is -4.19. The molecule has 0 aliphatic rings. The standard InChI is InChI=1S/C13H16ClNO6S/c1-3-7(2)11(13(18)19)15-22(20,21)8-4-5-10(14)9(6-8)12(16)17/h4-7,11,15H,3H2,1-2H3,(H,16,17)(H,18,19). The zero-order valence-electron chi connectivity index (χ0n) is 11.9. The lowest BCUT2D eigenvalue weighted by Crippen LogP contribution is -2.44. The van der Waals surface area contributed by atoms with Gasteiger partial charge >= 0.3 is 11.9 Å². The Labute approximate surface area is 133 Å². The quantitative estimate of drug-likeness (QED) is 0.690. The molecule has 3 N–H and O–H groups in total. The molecule has 0 saturated heterocycles. The second kappa shape index (κ2) is 7.08. The maximum atomic E-state index is 12.2. The second-order valence-corrected chi connectivity index (χ2v) is 6.89. The molecule has 1 rings (SSSR count). The molecule has 9 heteroatoms. The molecular formula is C13H16ClNO6S. The zero-order chi connectivity index (χ0) is 17.1. The molecule has 2 unspecified atom stereocenters. The van der Waals surface area contributed by atoms with Gasteiger partial charge in [-0.25, -0.2) is 13.2 Å². The van der Waals surface area contributed by atoms with Gasteiger partial charge in [-0.05, 0) is 24.1 Å². The van der Waals surface area contributed by atoms with Crippen LogP contribution in [0.1, 0.15) is 30.6 Å². The first-order valence-corrected chi connectivity index (χ1v) is 8.24. The molecule has 0 radical (unpaired) electrons. The van der Waals surface area contributed by atoms with Gasteiger partial charge in [-0.3, -0.25) is 4.79 Å². The van der Waals surface area contributed by atoms with Crippen molar-refractivity contribution in [3.05, 3.63) is 28.8 Å². The summed E-state index contributed by atoms with van der Waals surface area (Å²) < 4.78 is 26.6. The third-order valence-corrected chi connectivity index (χ3v) is 5.01. The summed E-state index contributed by atoms with van der Waals surface area (Å²) in [6, 6.07) is 1.84. The lowest BCUT2D eigenvalue weighted by atomic mass is 10.0. The highest BCUT2D eigenvalue weighted by atomic mass is 35.5. The zero-order valence-corrected chi connectivity index (χ0v) is 13.5. The van der Waals surface area contributed by atoms with Gasteiger partial charge in [0.15, 0.2) is 0 Å². The first-order chi connectivity index (χ1) is 10.1. The number of benzene rings is 1. The third kappa shape index (κ3) is 4.19. The fourth-order valence-corrected chi connectivity index (χ4v) is 3.24. The van der Waals surface area contributed by atoms with Gasteiger partial charge in [0.25, 0.3) is 0 Å². The van der Waals surface area contributed by atoms with Gasteiger partial charge in [-0.1, -0.05) is 31.9 Å². The molecule has 122 valence electrons. The summed E-state index contributed by atoms with van der Waals surface area (Å²) in [6.07, 6.45) is 0.459. The maximum absolute atomic E-state index is 12.2. The average Bonchev–Trinajstić information content (AvgIpc) is 2.43. The van der Waals surface area contributed by atoms with Gasteiger partial charge in [-0.2, -0.15) is 4.72 Å². The van der Waals surface area contributed by atoms with Crippen LogP contribution in [-0.2, 0) is 14.8 Å². The fourth-order valence-electron chi connectivity index (χ4n) is 1.72. The van der Waals surface area contributed by atoms with Gasteiger partial charge in [0.1, 0.15) is 6.04 Å². The third-order valence-electron chi connectivity index (χ3n) is 3.24. The van der Waals surface area contributed by atoms with E-state index in [1.807, 2.05) is 0 Å². The molecule has 0 heterocycles. The maximum Gasteiger partial charge on any atom is 0.337 e. The summed E-state index contributed by atoms with van der Waals surface area (Å²) in [5, 5.41) is 18.0. The largest absolute Gasteiger partial charge is 0.480 e. The highest BCUT2D eigenvalue weighted by Crippen LogP contribution is 2.21. The van der Waals surface area contributed by atoms with E-state index in [2.05, 4.69) is 4.72 Å². The normalized spacial score (nSPS) is 14.3. The smallest absolute Gasteiger partial charge is 0.337 e. The molecule has 0 aliphatic heterocycles. The Balaban J connectivity index is 3.21. The number of hydrogen-bond donors (Lipinski definition) is 3. The van der Waals surface area contributed by atoms with Crippen molar-refractivity contribution in [3.63, 3.8) is 0 Å². The van der Waals surface area contributed by atoms with Crippen molar-refractivity contribution >= 4 is 33.6 Å². The Bertz CT molecular complexity index is 688. The van der Waals surface area contributed by atoms with Gasteiger partial charge in [0.2, 0.25) is 10.0 Å². The van der Waals surface area contributed by atoms with E-state index in [-0.39, 0.29) is 15.5 Å². The van der Waals surface area contributed by atoms with E-state index in [0.717, 1.165) is 18.2 Å². The monoisotopic (exact) mass is 349 g/mol. The molecular weight excluding hydrogens is 334 g/mol. The van der Waals surface area contributed by atoms with Gasteiger partial charge in [-0.15, -0.1) is 0 Å². The minimum absolute atomic E-state index is 0.108. The van der Waals surface area contributed by atoms with Gasteiger partial charge < -0.3 is 10.2 Å². The summed E-state index contributed by atoms with van der Waals surface area (Å²) >= 11 is 5.68. The number of aliphatic carboxylic acids is 1. The summed E-state index contributed by atoms with van der Waals surface area (Å²) in [6.45, 7) is 3.34. The Hall–Kier alpha value is -1.64. The predicted octanol–water partition coefficient (Wildman–Crippen LogP) is 1.82. The molecule has 2 atom stereocenters. The Morgan fingerprint density at radius 2 is 1.91 bits per heavy atom. The predicted molar refractivity (Wildman–Crippen MR) is 79.6 cm³/mol. The van der Waals surface area contributed by atoms with Crippen LogP contribution in [0.25, 0.3) is 0 Å². The average molecular weight is 350 g/mol. The van der Waals surface area contributed by atoms with Crippen LogP contribution in [0.2, 0.25) is 5.02 Å². The number of carboxylic acid groups (broad SMARTS) is 2. The summed E-state index contributed by atoms with van der Waals surface area (Å²) in [5.74, 6) is -3.11. The molecule has 0 spiro atoms. The van der Waals surface area contributed by atoms with Crippen molar-refractivity contribution in [3.8, 4) is 0 Å². The molecule has 0 bridgehead atoms. The van der Waals surface area contributed by atoms with Crippen molar-refractivity contribution in [2.45, 2.75) is 31.2 Å². The van der Waals surface area contributed by atoms with Gasteiger partial charge in [0.05, 0.1) is 15.5 Å². The summed E-state index contributed by atoms with van der Waals surface area (Å²) in [4.78, 5) is 21.8. The lowest BCUT2D eigenvalue weighted by Gasteiger charge is -2.20. The van der Waals surface area contributed by atoms with Gasteiger partial charge in [0, 0.05) is 0 Å². The van der Waals surface area contributed by atoms with E-state index in [0.29, 0.717) is 6.42 Å². The molecule has 0 fully saturated rings. The van der Waals surface area contributed by atoms with Crippen LogP contribution in [0.5, 0.6) is 0 Å². The van der Waals surface area contributed by atoms with E-state index in [1.54, 1.807) is 13.8 Å². The van der Waals surface area contributed by atoms with E-state index >= 15 is 0 Å². The van der Waals surface area contributed by atoms with Crippen molar-refractivity contribution in [2.75, 3.05) is 0 Å². The fraction of sp³-hybridized carbons (Fsp3) is 0.385. The highest BCUT2D eigenvalue weighted by Gasteiger charge is 2.30. The number of halogens is 1. The van der Waals surface area contributed by atoms with Crippen LogP contribution in [0, 0.1) is 5.92 Å². The van der Waals surface area contributed by atoms with Crippen LogP contribution >= 0.6 is 11.6 Å². The molecule has 1 aromatic rings. The summed E-state index contributed by atoms with van der Waals surface area (Å²) in [7, 11) is -4.19. The van der Waals surface area contributed by atoms with Crippen molar-refractivity contribution < 1.29 is 28.2 Å². The van der Waals surface area contributed by atoms with Crippen molar-refractivity contribution in [1.29, 1.82) is 0 Å². The molecule has 0 aromatic heterocycles. The molecule has 1 aromatic carbocycles. The first kappa shape index (κ1) is 18.4. The van der Waals surface area contributed by atoms with E-state index in [9.17, 15) is 18.0 Å². The molecule has 0 saturated carbocycles. The van der Waals surface area contributed by atoms with E-state index < -0.39 is 33.9 Å². The van der Waals surface area contributed by atoms with Crippen molar-refractivity contribution in [2.24, 2.45) is 5.92 Å². The topological polar surface area (TPSA) is 121 Å². The summed E-state index contributed by atoms with van der Waals surface area (Å²) in [5.41, 5.74) is -0.375. The van der Waals surface area contributed by atoms with Crippen LogP contribution < -0.4 is 4.72 Å². The highest BCUT2D eigenvalue weighted by molar-refractivity contribution is 7.89. The molecule has 0 amide bonds. The Morgan fingerprint density at radius 1 is 1.32 bits per heavy atom.